The molecule has 0 aliphatic carbocycles. The molecule has 44 heavy (non-hydrogen) atoms. The second-order valence-electron chi connectivity index (χ2n) is 15.8. The molecule has 0 nitrogen and oxygen atoms in total. The van der Waals surface area contributed by atoms with Crippen molar-refractivity contribution < 1.29 is 0 Å². The van der Waals surface area contributed by atoms with E-state index < -0.39 is 36.8 Å². The first-order valence-electron chi connectivity index (χ1n) is 18.9. The molecule has 0 unspecified atom stereocenters. The first-order valence-corrected chi connectivity index (χ1v) is 40.7. The maximum absolute atomic E-state index is 4.99. The third-order valence-electron chi connectivity index (χ3n) is 9.30. The Hall–Kier alpha value is 0.737. The summed E-state index contributed by atoms with van der Waals surface area (Å²) in [5.74, 6) is 0. The van der Waals surface area contributed by atoms with Crippen LogP contribution < -0.4 is 5.79 Å². The summed E-state index contributed by atoms with van der Waals surface area (Å²) in [6.45, 7) is 9.61. The minimum absolute atomic E-state index is 1.25. The van der Waals surface area contributed by atoms with Crippen molar-refractivity contribution >= 4 is 70.8 Å². The van der Waals surface area contributed by atoms with Crippen LogP contribution in [0.1, 0.15) is 165 Å². The fourth-order valence-corrected chi connectivity index (χ4v) is 22.2. The fraction of sp³-hybridized carbons (Fsp3) is 0.750. The Labute approximate surface area is 292 Å². The summed E-state index contributed by atoms with van der Waals surface area (Å²) in [5, 5.41) is 5.11. The molecule has 0 bridgehead atoms. The van der Waals surface area contributed by atoms with Crippen LogP contribution in [-0.4, -0.2) is 36.8 Å². The van der Waals surface area contributed by atoms with Crippen molar-refractivity contribution in [1.82, 2.24) is 0 Å². The Kier molecular flexibility index (Phi) is 20.8. The standard InChI is InChI=1S/C34H54S2.6CH3.2Sn/c1-4-6-8-10-12-14-16-18-20-22-24-31-26-35-28-33(31)30(3)34-29-36-27-32(34)25-23-21-19-17-15-13-11-9-7-5-2;;;;;;;;/h26-27H,3-25H2,1-2H3;6*1H3;;. The van der Waals surface area contributed by atoms with Crippen molar-refractivity contribution in [1.29, 1.82) is 0 Å². The average Bonchev–Trinajstić information content (AvgIpc) is 3.60. The van der Waals surface area contributed by atoms with Gasteiger partial charge in [0.25, 0.3) is 0 Å². The van der Waals surface area contributed by atoms with Crippen LogP contribution in [-0.2, 0) is 12.8 Å². The summed E-state index contributed by atoms with van der Waals surface area (Å²) in [5.41, 5.74) is 7.92. The van der Waals surface area contributed by atoms with Crippen molar-refractivity contribution in [2.75, 3.05) is 0 Å². The molecule has 2 aromatic heterocycles. The van der Waals surface area contributed by atoms with E-state index in [2.05, 4.69) is 76.9 Å². The van der Waals surface area contributed by atoms with Gasteiger partial charge in [0, 0.05) is 0 Å². The summed E-state index contributed by atoms with van der Waals surface area (Å²) in [6.07, 6.45) is 30.7. The Bertz CT molecular complexity index is 964. The van der Waals surface area contributed by atoms with Gasteiger partial charge < -0.3 is 0 Å². The molecule has 0 N–H and O–H groups in total. The summed E-state index contributed by atoms with van der Waals surface area (Å²) < 4.78 is 3.52. The molecule has 0 aliphatic rings. The molecule has 2 rings (SSSR count). The van der Waals surface area contributed by atoms with E-state index >= 15 is 0 Å². The molecule has 0 atom stereocenters. The van der Waals surface area contributed by atoms with Crippen LogP contribution in [0, 0.1) is 0 Å². The zero-order valence-electron chi connectivity index (χ0n) is 30.7. The van der Waals surface area contributed by atoms with E-state index in [-0.39, 0.29) is 0 Å². The van der Waals surface area contributed by atoms with Gasteiger partial charge in [0.05, 0.1) is 0 Å². The third-order valence-corrected chi connectivity index (χ3v) is 30.4. The van der Waals surface area contributed by atoms with Crippen molar-refractivity contribution in [2.45, 2.75) is 185 Å². The van der Waals surface area contributed by atoms with Crippen LogP contribution in [0.4, 0.5) is 0 Å². The molecule has 0 amide bonds. The molecule has 0 fully saturated rings. The number of unbranched alkanes of at least 4 members (excludes halogenated alkanes) is 18. The van der Waals surface area contributed by atoms with Crippen LogP contribution in [0.25, 0.3) is 5.57 Å². The molecule has 252 valence electrons. The van der Waals surface area contributed by atoms with Crippen LogP contribution in [0.5, 0.6) is 0 Å². The topological polar surface area (TPSA) is 0 Å². The summed E-state index contributed by atoms with van der Waals surface area (Å²) in [7, 11) is 0. The fourth-order valence-electron chi connectivity index (χ4n) is 6.65. The quantitative estimate of drug-likeness (QED) is 0.0653. The predicted octanol–water partition coefficient (Wildman–Crippen LogP) is 13.9. The van der Waals surface area contributed by atoms with Crippen molar-refractivity contribution in [3.05, 3.63) is 39.6 Å². The number of hydrogen-bond acceptors (Lipinski definition) is 2. The van der Waals surface area contributed by atoms with Gasteiger partial charge in [-0.25, -0.2) is 0 Å². The molecule has 0 spiro atoms. The zero-order valence-corrected chi connectivity index (χ0v) is 38.1. The zero-order chi connectivity index (χ0) is 32.4. The molecule has 0 saturated carbocycles. The van der Waals surface area contributed by atoms with Gasteiger partial charge in [0.2, 0.25) is 0 Å². The van der Waals surface area contributed by atoms with Gasteiger partial charge >= 0.3 is 256 Å². The normalized spacial score (nSPS) is 12.4. The summed E-state index contributed by atoms with van der Waals surface area (Å²) in [4.78, 5) is 15.7. The van der Waals surface area contributed by atoms with E-state index in [0.717, 1.165) is 0 Å². The second kappa shape index (κ2) is 22.4. The second-order valence-corrected chi connectivity index (χ2v) is 48.1. The predicted molar refractivity (Wildman–Crippen MR) is 214 cm³/mol. The Morgan fingerprint density at radius 1 is 0.477 bits per heavy atom. The minimum atomic E-state index is -2.30. The van der Waals surface area contributed by atoms with E-state index in [1.165, 1.54) is 147 Å². The van der Waals surface area contributed by atoms with E-state index in [1.54, 1.807) is 28.0 Å². The summed E-state index contributed by atoms with van der Waals surface area (Å²) in [6, 6.07) is 0. The maximum atomic E-state index is 4.99. The number of aryl methyl sites for hydroxylation is 2. The molecule has 4 heteroatoms. The molecule has 2 heterocycles. The van der Waals surface area contributed by atoms with Crippen molar-refractivity contribution in [3.8, 4) is 0 Å². The van der Waals surface area contributed by atoms with Gasteiger partial charge in [-0.1, -0.05) is 39.5 Å². The van der Waals surface area contributed by atoms with Crippen molar-refractivity contribution in [3.63, 3.8) is 0 Å². The van der Waals surface area contributed by atoms with E-state index in [1.807, 2.05) is 0 Å². The van der Waals surface area contributed by atoms with Gasteiger partial charge in [-0.3, -0.25) is 0 Å². The molecule has 0 aromatic carbocycles. The Balaban J connectivity index is 2.07. The van der Waals surface area contributed by atoms with Crippen molar-refractivity contribution in [2.24, 2.45) is 0 Å². The van der Waals surface area contributed by atoms with E-state index in [9.17, 15) is 0 Å². The number of rotatable bonds is 26. The van der Waals surface area contributed by atoms with Crippen LogP contribution >= 0.6 is 22.7 Å². The molecule has 0 aliphatic heterocycles. The SMILES string of the molecule is C=C(c1c(CCCCCCCCCCCC)cs[c]1[Sn]([CH3])([CH3])[CH3])c1c(CCCCCCCCCCCC)cs[c]1[Sn]([CH3])([CH3])[CH3]. The van der Waals surface area contributed by atoms with Gasteiger partial charge in [0.1, 0.15) is 0 Å². The molecule has 0 saturated heterocycles. The van der Waals surface area contributed by atoms with Crippen LogP contribution in [0.2, 0.25) is 29.6 Å². The van der Waals surface area contributed by atoms with Crippen LogP contribution in [0.15, 0.2) is 17.3 Å². The molecule has 0 radical (unpaired) electrons. The Morgan fingerprint density at radius 2 is 0.750 bits per heavy atom. The molecular weight excluding hydrogens is 782 g/mol. The first-order chi connectivity index (χ1) is 21.0. The Morgan fingerprint density at radius 3 is 1.02 bits per heavy atom. The monoisotopic (exact) mass is 856 g/mol. The van der Waals surface area contributed by atoms with Gasteiger partial charge in [-0.15, -0.1) is 0 Å². The third kappa shape index (κ3) is 14.9. The van der Waals surface area contributed by atoms with Crippen LogP contribution in [0.3, 0.4) is 0 Å². The van der Waals surface area contributed by atoms with E-state index in [4.69, 9.17) is 6.58 Å². The van der Waals surface area contributed by atoms with Gasteiger partial charge in [-0.05, 0) is 0 Å². The first kappa shape index (κ1) is 40.9. The number of thiophene rings is 2. The van der Waals surface area contributed by atoms with Gasteiger partial charge in [-0.2, -0.15) is 0 Å². The molecule has 2 aromatic rings. The summed E-state index contributed by atoms with van der Waals surface area (Å²) >= 11 is -0.401. The molecular formula is C40H72S2Sn2. The van der Waals surface area contributed by atoms with Gasteiger partial charge in [0.15, 0.2) is 0 Å². The average molecular weight is 855 g/mol. The van der Waals surface area contributed by atoms with E-state index in [0.29, 0.717) is 0 Å². The number of hydrogen-bond donors (Lipinski definition) is 0.